The number of aliphatic hydroxyl groups is 1. The number of amides is 2. The van der Waals surface area contributed by atoms with Crippen LogP contribution in [-0.4, -0.2) is 70.4 Å². The van der Waals surface area contributed by atoms with E-state index >= 15 is 0 Å². The Bertz CT molecular complexity index is 1590. The minimum atomic E-state index is -0.999. The standard InChI is InChI=1S/C38H50N4O5S/c1-24-19-27(15-16-31(24)46-5)26-13-11-25(12-14-26)22-41(33-20-28(17-18-39-33)32-21-40-36(48-32)38(2,3)4)35(44)34-30(43)23-42(34)37(45)47-29-9-7-6-8-10-29/h15-21,25-26,29-30,34,43H,6-14,22-23H2,1-5H3. The molecule has 0 bridgehead atoms. The number of hydrogen-bond donors (Lipinski definition) is 1. The zero-order valence-electron chi connectivity index (χ0n) is 29.0. The minimum Gasteiger partial charge on any atom is -0.496 e. The van der Waals surface area contributed by atoms with Crippen LogP contribution in [0.5, 0.6) is 5.75 Å². The summed E-state index contributed by atoms with van der Waals surface area (Å²) in [4.78, 5) is 41.2. The first-order chi connectivity index (χ1) is 23.0. The highest BCUT2D eigenvalue weighted by Crippen LogP contribution is 2.39. The molecule has 2 atom stereocenters. The third kappa shape index (κ3) is 7.54. The monoisotopic (exact) mass is 674 g/mol. The molecule has 9 nitrogen and oxygen atoms in total. The quantitative estimate of drug-likeness (QED) is 0.262. The highest BCUT2D eigenvalue weighted by atomic mass is 32.1. The van der Waals surface area contributed by atoms with Gasteiger partial charge in [-0.3, -0.25) is 14.6 Å². The van der Waals surface area contributed by atoms with Gasteiger partial charge in [-0.25, -0.2) is 14.8 Å². The Morgan fingerprint density at radius 3 is 2.42 bits per heavy atom. The van der Waals surface area contributed by atoms with E-state index in [9.17, 15) is 14.7 Å². The van der Waals surface area contributed by atoms with E-state index in [1.807, 2.05) is 18.3 Å². The Hall–Kier alpha value is -3.50. The van der Waals surface area contributed by atoms with E-state index in [4.69, 9.17) is 9.47 Å². The average molecular weight is 675 g/mol. The number of aryl methyl sites for hydroxylation is 1. The number of likely N-dealkylation sites (tertiary alicyclic amines) is 1. The highest BCUT2D eigenvalue weighted by molar-refractivity contribution is 7.15. The van der Waals surface area contributed by atoms with Crippen molar-refractivity contribution in [2.75, 3.05) is 25.1 Å². The normalized spacial score (nSPS) is 23.3. The molecule has 3 aromatic rings. The van der Waals surface area contributed by atoms with Crippen LogP contribution in [-0.2, 0) is 14.9 Å². The summed E-state index contributed by atoms with van der Waals surface area (Å²) in [6, 6.07) is 9.35. The molecule has 3 aliphatic rings. The number of β-amino-alcohol motifs (C(OH)–C–C–N with tert-alkyl or cyclic N) is 1. The van der Waals surface area contributed by atoms with Gasteiger partial charge in [-0.05, 0) is 105 Å². The Kier molecular flexibility index (Phi) is 10.4. The molecule has 0 spiro atoms. The van der Waals surface area contributed by atoms with Gasteiger partial charge in [0.15, 0.2) is 0 Å². The Labute approximate surface area is 288 Å². The Morgan fingerprint density at radius 2 is 1.77 bits per heavy atom. The number of carbonyl (C=O) groups excluding carboxylic acids is 2. The predicted molar refractivity (Wildman–Crippen MR) is 189 cm³/mol. The van der Waals surface area contributed by atoms with E-state index in [0.717, 1.165) is 84.5 Å². The molecule has 48 heavy (non-hydrogen) atoms. The number of methoxy groups -OCH3 is 1. The molecule has 1 N–H and O–H groups in total. The van der Waals surface area contributed by atoms with Gasteiger partial charge in [-0.1, -0.05) is 39.3 Å². The number of carbonyl (C=O) groups is 2. The number of pyridine rings is 1. The van der Waals surface area contributed by atoms with E-state index in [-0.39, 0.29) is 29.9 Å². The van der Waals surface area contributed by atoms with Crippen LogP contribution in [0.15, 0.2) is 42.7 Å². The summed E-state index contributed by atoms with van der Waals surface area (Å²) < 4.78 is 11.3. The van der Waals surface area contributed by atoms with E-state index in [1.165, 1.54) is 10.5 Å². The summed E-state index contributed by atoms with van der Waals surface area (Å²) >= 11 is 1.64. The second-order valence-corrected chi connectivity index (χ2v) is 15.9. The number of hydrogen-bond acceptors (Lipinski definition) is 8. The lowest BCUT2D eigenvalue weighted by Crippen LogP contribution is -2.68. The van der Waals surface area contributed by atoms with Crippen LogP contribution < -0.4 is 9.64 Å². The highest BCUT2D eigenvalue weighted by Gasteiger charge is 2.49. The van der Waals surface area contributed by atoms with Gasteiger partial charge >= 0.3 is 6.09 Å². The molecule has 6 rings (SSSR count). The largest absolute Gasteiger partial charge is 0.496 e. The van der Waals surface area contributed by atoms with E-state index < -0.39 is 18.2 Å². The second-order valence-electron chi connectivity index (χ2n) is 14.9. The third-order valence-corrected chi connectivity index (χ3v) is 11.8. The van der Waals surface area contributed by atoms with Crippen molar-refractivity contribution in [3.8, 4) is 16.2 Å². The van der Waals surface area contributed by atoms with Gasteiger partial charge < -0.3 is 14.6 Å². The molecule has 3 fully saturated rings. The minimum absolute atomic E-state index is 0.0693. The lowest BCUT2D eigenvalue weighted by molar-refractivity contribution is -0.138. The maximum Gasteiger partial charge on any atom is 0.410 e. The van der Waals surface area contributed by atoms with Crippen LogP contribution in [0.4, 0.5) is 10.6 Å². The van der Waals surface area contributed by atoms with Crippen LogP contribution in [0.1, 0.15) is 101 Å². The number of aliphatic hydroxyl groups excluding tert-OH is 1. The second kappa shape index (κ2) is 14.5. The fourth-order valence-electron chi connectivity index (χ4n) is 7.39. The molecule has 0 radical (unpaired) electrons. The molecule has 258 valence electrons. The number of thiazole rings is 1. The van der Waals surface area contributed by atoms with Crippen LogP contribution in [0.2, 0.25) is 0 Å². The van der Waals surface area contributed by atoms with Gasteiger partial charge in [0.2, 0.25) is 0 Å². The first kappa shape index (κ1) is 34.4. The lowest BCUT2D eigenvalue weighted by Gasteiger charge is -2.45. The number of nitrogens with zero attached hydrogens (tertiary/aromatic N) is 4. The topological polar surface area (TPSA) is 105 Å². The first-order valence-corrected chi connectivity index (χ1v) is 18.4. The maximum atomic E-state index is 14.4. The number of rotatable bonds is 8. The van der Waals surface area contributed by atoms with Crippen molar-refractivity contribution in [1.82, 2.24) is 14.9 Å². The van der Waals surface area contributed by atoms with E-state index in [0.29, 0.717) is 18.3 Å². The average Bonchev–Trinajstić information content (AvgIpc) is 3.58. The molecule has 2 saturated carbocycles. The molecule has 1 saturated heterocycles. The van der Waals surface area contributed by atoms with Crippen molar-refractivity contribution >= 4 is 29.2 Å². The number of aromatic nitrogens is 2. The van der Waals surface area contributed by atoms with Crippen molar-refractivity contribution in [2.45, 2.75) is 115 Å². The van der Waals surface area contributed by atoms with Gasteiger partial charge in [0.25, 0.3) is 5.91 Å². The Morgan fingerprint density at radius 1 is 1.02 bits per heavy atom. The van der Waals surface area contributed by atoms with Gasteiger partial charge in [0, 0.05) is 24.4 Å². The van der Waals surface area contributed by atoms with Crippen molar-refractivity contribution in [3.05, 3.63) is 58.9 Å². The van der Waals surface area contributed by atoms with Crippen molar-refractivity contribution in [2.24, 2.45) is 5.92 Å². The molecule has 2 unspecified atom stereocenters. The summed E-state index contributed by atoms with van der Waals surface area (Å²) in [5.41, 5.74) is 3.34. The van der Waals surface area contributed by atoms with Gasteiger partial charge in [-0.15, -0.1) is 11.3 Å². The van der Waals surface area contributed by atoms with Crippen molar-refractivity contribution < 1.29 is 24.2 Å². The summed E-state index contributed by atoms with van der Waals surface area (Å²) in [6.45, 7) is 9.08. The number of benzene rings is 1. The van der Waals surface area contributed by atoms with Crippen molar-refractivity contribution in [1.29, 1.82) is 0 Å². The number of anilines is 1. The van der Waals surface area contributed by atoms with Gasteiger partial charge in [0.05, 0.1) is 23.5 Å². The molecule has 3 heterocycles. The lowest BCUT2D eigenvalue weighted by atomic mass is 9.78. The van der Waals surface area contributed by atoms with Crippen LogP contribution in [0.25, 0.3) is 10.4 Å². The molecule has 2 aromatic heterocycles. The van der Waals surface area contributed by atoms with Crippen LogP contribution in [0, 0.1) is 12.8 Å². The SMILES string of the molecule is COc1ccc(C2CCC(CN(C(=O)C3C(O)CN3C(=O)OC3CCCCC3)c3cc(-c4cnc(C(C)(C)C)s4)ccn3)CC2)cc1C. The predicted octanol–water partition coefficient (Wildman–Crippen LogP) is 7.64. The molecule has 2 amide bonds. The third-order valence-electron chi connectivity index (χ3n) is 10.3. The summed E-state index contributed by atoms with van der Waals surface area (Å²) in [7, 11) is 1.70. The maximum absolute atomic E-state index is 14.4. The van der Waals surface area contributed by atoms with Crippen LogP contribution in [0.3, 0.4) is 0 Å². The van der Waals surface area contributed by atoms with Gasteiger partial charge in [0.1, 0.15) is 29.8 Å². The van der Waals surface area contributed by atoms with Crippen molar-refractivity contribution in [3.63, 3.8) is 0 Å². The van der Waals surface area contributed by atoms with Gasteiger partial charge in [-0.2, -0.15) is 0 Å². The van der Waals surface area contributed by atoms with E-state index in [1.54, 1.807) is 29.5 Å². The summed E-state index contributed by atoms with van der Waals surface area (Å²) in [6.07, 6.45) is 10.9. The smallest absolute Gasteiger partial charge is 0.410 e. The summed E-state index contributed by atoms with van der Waals surface area (Å²) in [5, 5.41) is 11.9. The molecule has 10 heteroatoms. The molecule has 2 aliphatic carbocycles. The fraction of sp³-hybridized carbons (Fsp3) is 0.579. The zero-order valence-corrected chi connectivity index (χ0v) is 29.8. The molecule has 1 aliphatic heterocycles. The fourth-order valence-corrected chi connectivity index (χ4v) is 8.36. The summed E-state index contributed by atoms with van der Waals surface area (Å²) in [5.74, 6) is 1.82. The van der Waals surface area contributed by atoms with E-state index in [2.05, 4.69) is 55.9 Å². The molecule has 1 aromatic carbocycles. The van der Waals surface area contributed by atoms with Crippen LogP contribution >= 0.6 is 11.3 Å². The first-order valence-electron chi connectivity index (χ1n) is 17.6. The Balaban J connectivity index is 1.22. The molecular weight excluding hydrogens is 625 g/mol. The molecular formula is C38H50N4O5S. The number of ether oxygens (including phenoxy) is 2. The zero-order chi connectivity index (χ0) is 34.0.